The number of ether oxygens (including phenoxy) is 1. The van der Waals surface area contributed by atoms with Crippen molar-refractivity contribution in [1.82, 2.24) is 5.43 Å². The Morgan fingerprint density at radius 1 is 0.886 bits per heavy atom. The van der Waals surface area contributed by atoms with Crippen molar-refractivity contribution in [3.8, 4) is 11.5 Å². The lowest BCUT2D eigenvalue weighted by atomic mass is 10.1. The van der Waals surface area contributed by atoms with Gasteiger partial charge in [0.1, 0.15) is 5.75 Å². The lowest BCUT2D eigenvalue weighted by molar-refractivity contribution is -0.394. The van der Waals surface area contributed by atoms with Gasteiger partial charge in [0.25, 0.3) is 11.6 Å². The summed E-state index contributed by atoms with van der Waals surface area (Å²) in [6.45, 7) is 0. The average Bonchev–Trinajstić information content (AvgIpc) is 2.85. The van der Waals surface area contributed by atoms with E-state index in [-0.39, 0.29) is 17.4 Å². The minimum atomic E-state index is -0.754. The third-order valence-electron chi connectivity index (χ3n) is 4.92. The van der Waals surface area contributed by atoms with Crippen LogP contribution in [0.2, 0.25) is 0 Å². The van der Waals surface area contributed by atoms with Crippen LogP contribution in [0.3, 0.4) is 0 Å². The van der Waals surface area contributed by atoms with Crippen molar-refractivity contribution in [2.45, 2.75) is 0 Å². The van der Waals surface area contributed by atoms with Crippen LogP contribution in [0.5, 0.6) is 11.5 Å². The van der Waals surface area contributed by atoms with Crippen molar-refractivity contribution in [3.05, 3.63) is 115 Å². The number of fused-ring (bicyclic) bond motifs is 1. The van der Waals surface area contributed by atoms with E-state index < -0.39 is 21.2 Å². The van der Waals surface area contributed by atoms with Crippen molar-refractivity contribution in [2.75, 3.05) is 0 Å². The van der Waals surface area contributed by atoms with Gasteiger partial charge in [-0.2, -0.15) is 5.10 Å². The maximum atomic E-state index is 12.4. The minimum Gasteiger partial charge on any atom is -0.449 e. The number of nitro groups is 2. The fraction of sp³-hybridized carbons (Fsp3) is 0. The van der Waals surface area contributed by atoms with E-state index in [2.05, 4.69) is 26.5 Å². The SMILES string of the molecule is O=C(N/N=C\c1ccc(Oc2ccc([N+](=O)[O-])cc2[N+](=O)[O-])c(Br)c1)c1ccc2ccccc2c1. The van der Waals surface area contributed by atoms with Crippen LogP contribution in [-0.4, -0.2) is 22.0 Å². The fourth-order valence-corrected chi connectivity index (χ4v) is 3.68. The van der Waals surface area contributed by atoms with E-state index in [0.29, 0.717) is 15.6 Å². The molecule has 0 bridgehead atoms. The quantitative estimate of drug-likeness (QED) is 0.176. The number of hydrogen-bond donors (Lipinski definition) is 1. The topological polar surface area (TPSA) is 137 Å². The highest BCUT2D eigenvalue weighted by Crippen LogP contribution is 2.37. The largest absolute Gasteiger partial charge is 0.449 e. The summed E-state index contributed by atoms with van der Waals surface area (Å²) < 4.78 is 6.06. The van der Waals surface area contributed by atoms with Gasteiger partial charge in [-0.3, -0.25) is 25.0 Å². The molecule has 35 heavy (non-hydrogen) atoms. The number of benzene rings is 4. The number of nitro benzene ring substituents is 2. The van der Waals surface area contributed by atoms with Gasteiger partial charge in [0.2, 0.25) is 5.75 Å². The van der Waals surface area contributed by atoms with E-state index in [0.717, 1.165) is 22.9 Å². The zero-order chi connectivity index (χ0) is 24.9. The van der Waals surface area contributed by atoms with Crippen LogP contribution in [0.25, 0.3) is 10.8 Å². The molecule has 4 aromatic rings. The lowest BCUT2D eigenvalue weighted by Crippen LogP contribution is -2.17. The molecule has 0 aliphatic carbocycles. The van der Waals surface area contributed by atoms with Gasteiger partial charge in [0.15, 0.2) is 0 Å². The molecule has 0 spiro atoms. The Morgan fingerprint density at radius 3 is 2.34 bits per heavy atom. The third-order valence-corrected chi connectivity index (χ3v) is 5.54. The lowest BCUT2D eigenvalue weighted by Gasteiger charge is -2.09. The Kier molecular flexibility index (Phi) is 6.78. The second-order valence-electron chi connectivity index (χ2n) is 7.22. The summed E-state index contributed by atoms with van der Waals surface area (Å²) in [5.41, 5.74) is 2.60. The highest BCUT2D eigenvalue weighted by Gasteiger charge is 2.21. The second kappa shape index (κ2) is 10.1. The maximum Gasteiger partial charge on any atom is 0.318 e. The van der Waals surface area contributed by atoms with Crippen molar-refractivity contribution in [1.29, 1.82) is 0 Å². The molecular formula is C24H15BrN4O6. The molecule has 0 saturated carbocycles. The standard InChI is InChI=1S/C24H15BrN4O6/c25-20-11-15(14-26-27-24(30)18-7-6-16-3-1-2-4-17(16)12-18)5-9-22(20)35-23-10-8-19(28(31)32)13-21(23)29(33)34/h1-14H,(H,27,30)/b26-14-. The maximum absolute atomic E-state index is 12.4. The van der Waals surface area contributed by atoms with Crippen LogP contribution >= 0.6 is 15.9 Å². The first kappa shape index (κ1) is 23.5. The highest BCUT2D eigenvalue weighted by atomic mass is 79.9. The van der Waals surface area contributed by atoms with Crippen LogP contribution in [-0.2, 0) is 0 Å². The monoisotopic (exact) mass is 534 g/mol. The molecule has 0 aromatic heterocycles. The first-order valence-electron chi connectivity index (χ1n) is 10.0. The van der Waals surface area contributed by atoms with Gasteiger partial charge in [-0.1, -0.05) is 30.3 Å². The normalized spacial score (nSPS) is 10.9. The number of amides is 1. The molecule has 4 aromatic carbocycles. The van der Waals surface area contributed by atoms with Crippen LogP contribution in [0.15, 0.2) is 88.4 Å². The molecule has 1 amide bonds. The van der Waals surface area contributed by atoms with Gasteiger partial charge in [-0.05, 0) is 68.7 Å². The van der Waals surface area contributed by atoms with Gasteiger partial charge in [0.05, 0.1) is 26.6 Å². The number of hydrogen-bond acceptors (Lipinski definition) is 7. The van der Waals surface area contributed by atoms with Gasteiger partial charge in [0, 0.05) is 11.6 Å². The van der Waals surface area contributed by atoms with Gasteiger partial charge in [-0.25, -0.2) is 5.43 Å². The number of hydrazone groups is 1. The summed E-state index contributed by atoms with van der Waals surface area (Å²) in [6.07, 6.45) is 1.43. The summed E-state index contributed by atoms with van der Waals surface area (Å²) >= 11 is 3.33. The number of carbonyl (C=O) groups excluding carboxylic acids is 1. The molecule has 0 aliphatic heterocycles. The van der Waals surface area contributed by atoms with E-state index >= 15 is 0 Å². The second-order valence-corrected chi connectivity index (χ2v) is 8.07. The fourth-order valence-electron chi connectivity index (χ4n) is 3.21. The molecule has 0 atom stereocenters. The zero-order valence-corrected chi connectivity index (χ0v) is 19.3. The zero-order valence-electron chi connectivity index (χ0n) is 17.8. The van der Waals surface area contributed by atoms with Crippen molar-refractivity contribution in [3.63, 3.8) is 0 Å². The summed E-state index contributed by atoms with van der Waals surface area (Å²) in [6, 6.07) is 21.0. The number of halogens is 1. The average molecular weight is 535 g/mol. The number of nitrogens with one attached hydrogen (secondary N) is 1. The molecule has 174 valence electrons. The van der Waals surface area contributed by atoms with E-state index in [4.69, 9.17) is 4.74 Å². The Hall–Kier alpha value is -4.64. The predicted octanol–water partition coefficient (Wildman–Crippen LogP) is 5.97. The minimum absolute atomic E-state index is 0.148. The molecule has 0 saturated heterocycles. The molecule has 0 fully saturated rings. The van der Waals surface area contributed by atoms with Crippen molar-refractivity contribution < 1.29 is 19.4 Å². The molecule has 10 nitrogen and oxygen atoms in total. The summed E-state index contributed by atoms with van der Waals surface area (Å²) in [7, 11) is 0. The third kappa shape index (κ3) is 5.47. The predicted molar refractivity (Wildman–Crippen MR) is 133 cm³/mol. The van der Waals surface area contributed by atoms with E-state index in [1.165, 1.54) is 12.3 Å². The highest BCUT2D eigenvalue weighted by molar-refractivity contribution is 9.10. The molecular weight excluding hydrogens is 520 g/mol. The molecule has 0 radical (unpaired) electrons. The van der Waals surface area contributed by atoms with Crippen LogP contribution in [0, 0.1) is 20.2 Å². The number of carbonyl (C=O) groups is 1. The summed E-state index contributed by atoms with van der Waals surface area (Å²) in [5.74, 6) is -0.263. The van der Waals surface area contributed by atoms with E-state index in [1.807, 2.05) is 30.3 Å². The molecule has 1 N–H and O–H groups in total. The Labute approximate surface area is 206 Å². The van der Waals surface area contributed by atoms with Crippen molar-refractivity contribution in [2.24, 2.45) is 5.10 Å². The Balaban J connectivity index is 1.46. The Morgan fingerprint density at radius 2 is 1.63 bits per heavy atom. The number of rotatable bonds is 7. The summed E-state index contributed by atoms with van der Waals surface area (Å²) in [4.78, 5) is 33.1. The number of non-ortho nitro benzene ring substituents is 1. The number of nitrogens with zero attached hydrogens (tertiary/aromatic N) is 3. The molecule has 0 aliphatic rings. The van der Waals surface area contributed by atoms with Gasteiger partial charge < -0.3 is 4.74 Å². The van der Waals surface area contributed by atoms with Crippen LogP contribution < -0.4 is 10.2 Å². The molecule has 4 rings (SSSR count). The molecule has 0 unspecified atom stereocenters. The first-order valence-corrected chi connectivity index (χ1v) is 10.8. The Bertz CT molecular complexity index is 1500. The first-order chi connectivity index (χ1) is 16.8. The van der Waals surface area contributed by atoms with Crippen LogP contribution in [0.4, 0.5) is 11.4 Å². The molecule has 11 heteroatoms. The van der Waals surface area contributed by atoms with Crippen LogP contribution in [0.1, 0.15) is 15.9 Å². The van der Waals surface area contributed by atoms with Gasteiger partial charge >= 0.3 is 5.69 Å². The molecule has 0 heterocycles. The van der Waals surface area contributed by atoms with E-state index in [1.54, 1.807) is 30.3 Å². The van der Waals surface area contributed by atoms with Gasteiger partial charge in [-0.15, -0.1) is 0 Å². The van der Waals surface area contributed by atoms with Crippen molar-refractivity contribution >= 4 is 50.2 Å². The smallest absolute Gasteiger partial charge is 0.318 e. The van der Waals surface area contributed by atoms with E-state index in [9.17, 15) is 25.0 Å². The summed E-state index contributed by atoms with van der Waals surface area (Å²) in [5, 5.41) is 28.1.